The van der Waals surface area contributed by atoms with Crippen LogP contribution in [0.4, 0.5) is 0 Å². The summed E-state index contributed by atoms with van der Waals surface area (Å²) < 4.78 is 0. The van der Waals surface area contributed by atoms with Crippen LogP contribution in [0.15, 0.2) is 30.3 Å². The van der Waals surface area contributed by atoms with Gasteiger partial charge in [0.05, 0.1) is 6.61 Å². The van der Waals surface area contributed by atoms with E-state index in [1.54, 1.807) is 0 Å². The topological polar surface area (TPSA) is 43.8 Å². The quantitative estimate of drug-likeness (QED) is 0.815. The van der Waals surface area contributed by atoms with Crippen LogP contribution in [0.2, 0.25) is 0 Å². The summed E-state index contributed by atoms with van der Waals surface area (Å²) in [5.41, 5.74) is 1.42. The van der Waals surface area contributed by atoms with Crippen molar-refractivity contribution < 1.29 is 9.90 Å². The first-order chi connectivity index (χ1) is 12.7. The number of hydrogen-bond donors (Lipinski definition) is 1. The first-order valence-electron chi connectivity index (χ1n) is 10.4. The Balaban J connectivity index is 1.32. The van der Waals surface area contributed by atoms with Crippen LogP contribution in [-0.2, 0) is 11.2 Å². The smallest absolute Gasteiger partial charge is 0.222 e. The van der Waals surface area contributed by atoms with Gasteiger partial charge in [0, 0.05) is 26.1 Å². The standard InChI is InChI=1S/C22H34N2O2/c25-17-16-23-12-8-19(9-13-23)6-7-22(26)24-14-10-21(11-15-24)18-20-4-2-1-3-5-20/h1-5,19,21,25H,6-18H2. The zero-order chi connectivity index (χ0) is 18.2. The highest BCUT2D eigenvalue weighted by Crippen LogP contribution is 2.25. The summed E-state index contributed by atoms with van der Waals surface area (Å²) in [5.74, 6) is 1.77. The molecule has 1 amide bonds. The van der Waals surface area contributed by atoms with E-state index in [2.05, 4.69) is 40.1 Å². The molecule has 2 fully saturated rings. The van der Waals surface area contributed by atoms with E-state index in [1.807, 2.05) is 0 Å². The number of carbonyl (C=O) groups is 1. The first kappa shape index (κ1) is 19.4. The Labute approximate surface area is 158 Å². The molecule has 144 valence electrons. The average molecular weight is 359 g/mol. The molecular weight excluding hydrogens is 324 g/mol. The minimum absolute atomic E-state index is 0.253. The van der Waals surface area contributed by atoms with Gasteiger partial charge in [-0.15, -0.1) is 0 Å². The second kappa shape index (κ2) is 10.1. The van der Waals surface area contributed by atoms with Gasteiger partial charge in [0.15, 0.2) is 0 Å². The molecule has 1 aromatic rings. The van der Waals surface area contributed by atoms with Gasteiger partial charge in [-0.3, -0.25) is 4.79 Å². The molecule has 1 N–H and O–H groups in total. The first-order valence-corrected chi connectivity index (χ1v) is 10.4. The minimum atomic E-state index is 0.253. The maximum atomic E-state index is 12.6. The van der Waals surface area contributed by atoms with Crippen molar-refractivity contribution in [2.45, 2.75) is 44.9 Å². The van der Waals surface area contributed by atoms with Crippen LogP contribution in [0.25, 0.3) is 0 Å². The molecule has 0 atom stereocenters. The number of nitrogens with zero attached hydrogens (tertiary/aromatic N) is 2. The third kappa shape index (κ3) is 5.82. The third-order valence-electron chi connectivity index (χ3n) is 6.22. The molecule has 0 bridgehead atoms. The molecule has 2 heterocycles. The monoisotopic (exact) mass is 358 g/mol. The van der Waals surface area contributed by atoms with Gasteiger partial charge in [-0.2, -0.15) is 0 Å². The lowest BCUT2D eigenvalue weighted by Crippen LogP contribution is -2.39. The van der Waals surface area contributed by atoms with Crippen molar-refractivity contribution in [1.82, 2.24) is 9.80 Å². The predicted molar refractivity (Wildman–Crippen MR) is 105 cm³/mol. The number of aliphatic hydroxyl groups excluding tert-OH is 1. The van der Waals surface area contributed by atoms with E-state index in [-0.39, 0.29) is 6.61 Å². The maximum absolute atomic E-state index is 12.6. The Hall–Kier alpha value is -1.39. The summed E-state index contributed by atoms with van der Waals surface area (Å²) in [6.07, 6.45) is 7.53. The molecule has 4 nitrogen and oxygen atoms in total. The van der Waals surface area contributed by atoms with E-state index < -0.39 is 0 Å². The summed E-state index contributed by atoms with van der Waals surface area (Å²) in [6, 6.07) is 10.7. The molecule has 0 aliphatic carbocycles. The molecule has 2 aliphatic rings. The highest BCUT2D eigenvalue weighted by Gasteiger charge is 2.24. The van der Waals surface area contributed by atoms with Crippen LogP contribution in [0.1, 0.15) is 44.1 Å². The largest absolute Gasteiger partial charge is 0.395 e. The Bertz CT molecular complexity index is 532. The van der Waals surface area contributed by atoms with Crippen LogP contribution in [-0.4, -0.2) is 60.1 Å². The molecule has 2 aliphatic heterocycles. The van der Waals surface area contributed by atoms with Gasteiger partial charge < -0.3 is 14.9 Å². The van der Waals surface area contributed by atoms with Gasteiger partial charge in [0.2, 0.25) is 5.91 Å². The van der Waals surface area contributed by atoms with Crippen LogP contribution >= 0.6 is 0 Å². The number of piperidine rings is 2. The molecule has 3 rings (SSSR count). The van der Waals surface area contributed by atoms with Gasteiger partial charge in [0.25, 0.3) is 0 Å². The molecule has 0 spiro atoms. The minimum Gasteiger partial charge on any atom is -0.395 e. The van der Waals surface area contributed by atoms with E-state index in [4.69, 9.17) is 5.11 Å². The summed E-state index contributed by atoms with van der Waals surface area (Å²) in [6.45, 7) is 5.07. The van der Waals surface area contributed by atoms with Gasteiger partial charge in [-0.25, -0.2) is 0 Å². The van der Waals surface area contributed by atoms with Crippen molar-refractivity contribution in [3.8, 4) is 0 Å². The zero-order valence-corrected chi connectivity index (χ0v) is 16.0. The zero-order valence-electron chi connectivity index (χ0n) is 16.0. The average Bonchev–Trinajstić information content (AvgIpc) is 2.69. The van der Waals surface area contributed by atoms with Crippen LogP contribution in [0.3, 0.4) is 0 Å². The summed E-state index contributed by atoms with van der Waals surface area (Å²) in [5, 5.41) is 9.01. The molecule has 2 saturated heterocycles. The van der Waals surface area contributed by atoms with Gasteiger partial charge in [-0.1, -0.05) is 30.3 Å². The molecule has 0 aromatic heterocycles. The van der Waals surface area contributed by atoms with Crippen molar-refractivity contribution in [2.24, 2.45) is 11.8 Å². The Morgan fingerprint density at radius 1 is 0.962 bits per heavy atom. The fourth-order valence-corrected chi connectivity index (χ4v) is 4.46. The Morgan fingerprint density at radius 3 is 2.27 bits per heavy atom. The predicted octanol–water partition coefficient (Wildman–Crippen LogP) is 2.95. The number of hydrogen-bond acceptors (Lipinski definition) is 3. The second-order valence-electron chi connectivity index (χ2n) is 8.06. The van der Waals surface area contributed by atoms with Crippen molar-refractivity contribution in [2.75, 3.05) is 39.3 Å². The fraction of sp³-hybridized carbons (Fsp3) is 0.682. The molecule has 0 unspecified atom stereocenters. The van der Waals surface area contributed by atoms with Gasteiger partial charge in [0.1, 0.15) is 0 Å². The lowest BCUT2D eigenvalue weighted by molar-refractivity contribution is -0.133. The summed E-state index contributed by atoms with van der Waals surface area (Å²) >= 11 is 0. The highest BCUT2D eigenvalue weighted by molar-refractivity contribution is 5.76. The lowest BCUT2D eigenvalue weighted by Gasteiger charge is -2.34. The Morgan fingerprint density at radius 2 is 1.62 bits per heavy atom. The number of carbonyl (C=O) groups excluding carboxylic acids is 1. The maximum Gasteiger partial charge on any atom is 0.222 e. The molecule has 0 saturated carbocycles. The van der Waals surface area contributed by atoms with Crippen LogP contribution in [0.5, 0.6) is 0 Å². The van der Waals surface area contributed by atoms with Gasteiger partial charge in [-0.05, 0) is 69.0 Å². The molecule has 4 heteroatoms. The van der Waals surface area contributed by atoms with Crippen LogP contribution < -0.4 is 0 Å². The fourth-order valence-electron chi connectivity index (χ4n) is 4.46. The van der Waals surface area contributed by atoms with E-state index in [1.165, 1.54) is 18.4 Å². The Kier molecular flexibility index (Phi) is 7.51. The second-order valence-corrected chi connectivity index (χ2v) is 8.06. The number of β-amino-alcohol motifs (C(OH)–C–C–N with tert-alkyl or cyclic N) is 1. The normalized spacial score (nSPS) is 20.4. The van der Waals surface area contributed by atoms with Crippen molar-refractivity contribution in [1.29, 1.82) is 0 Å². The SMILES string of the molecule is O=C(CCC1CCN(CCO)CC1)N1CCC(Cc2ccccc2)CC1. The van der Waals surface area contributed by atoms with E-state index >= 15 is 0 Å². The molecule has 26 heavy (non-hydrogen) atoms. The van der Waals surface area contributed by atoms with Gasteiger partial charge >= 0.3 is 0 Å². The number of likely N-dealkylation sites (tertiary alicyclic amines) is 2. The number of rotatable bonds is 7. The van der Waals surface area contributed by atoms with Crippen molar-refractivity contribution >= 4 is 5.91 Å². The van der Waals surface area contributed by atoms with Crippen molar-refractivity contribution in [3.63, 3.8) is 0 Å². The molecular formula is C22H34N2O2. The number of amides is 1. The summed E-state index contributed by atoms with van der Waals surface area (Å²) in [4.78, 5) is 17.0. The lowest BCUT2D eigenvalue weighted by atomic mass is 9.89. The van der Waals surface area contributed by atoms with E-state index in [0.29, 0.717) is 18.2 Å². The number of aliphatic hydroxyl groups is 1. The third-order valence-corrected chi connectivity index (χ3v) is 6.22. The summed E-state index contributed by atoms with van der Waals surface area (Å²) in [7, 11) is 0. The van der Waals surface area contributed by atoms with E-state index in [9.17, 15) is 4.79 Å². The van der Waals surface area contributed by atoms with Crippen LogP contribution in [0, 0.1) is 11.8 Å². The highest BCUT2D eigenvalue weighted by atomic mass is 16.3. The molecule has 0 radical (unpaired) electrons. The van der Waals surface area contributed by atoms with E-state index in [0.717, 1.165) is 64.3 Å². The molecule has 1 aromatic carbocycles. The number of benzene rings is 1. The van der Waals surface area contributed by atoms with Crippen molar-refractivity contribution in [3.05, 3.63) is 35.9 Å².